The second-order valence-corrected chi connectivity index (χ2v) is 7.43. The first-order valence-electron chi connectivity index (χ1n) is 9.02. The summed E-state index contributed by atoms with van der Waals surface area (Å²) >= 11 is 0. The summed E-state index contributed by atoms with van der Waals surface area (Å²) in [7, 11) is 0. The quantitative estimate of drug-likeness (QED) is 0.932. The van der Waals surface area contributed by atoms with Crippen molar-refractivity contribution in [3.63, 3.8) is 0 Å². The average Bonchev–Trinajstić information content (AvgIpc) is 2.60. The van der Waals surface area contributed by atoms with Crippen LogP contribution in [-0.2, 0) is 6.42 Å². The summed E-state index contributed by atoms with van der Waals surface area (Å²) in [6, 6.07) is 8.81. The van der Waals surface area contributed by atoms with Crippen LogP contribution < -0.4 is 0 Å². The summed E-state index contributed by atoms with van der Waals surface area (Å²) in [6.45, 7) is 3.91. The molecule has 0 radical (unpaired) electrons. The van der Waals surface area contributed by atoms with E-state index >= 15 is 0 Å². The van der Waals surface area contributed by atoms with Crippen molar-refractivity contribution in [2.45, 2.75) is 44.1 Å². The molecule has 124 valence electrons. The molecule has 2 atom stereocenters. The molecule has 0 saturated carbocycles. The lowest BCUT2D eigenvalue weighted by Crippen LogP contribution is -2.59. The Morgan fingerprint density at radius 1 is 1.22 bits per heavy atom. The SMILES string of the molecule is O=C(O)N(C[C@@H]1CCCc2ccccc21)[C@@H]1CN2CCC1CC2. The second kappa shape index (κ2) is 6.16. The zero-order chi connectivity index (χ0) is 15.8. The van der Waals surface area contributed by atoms with E-state index in [-0.39, 0.29) is 6.04 Å². The highest BCUT2D eigenvalue weighted by Crippen LogP contribution is 2.36. The number of hydrogen-bond donors (Lipinski definition) is 1. The fraction of sp³-hybridized carbons (Fsp3) is 0.632. The molecule has 5 rings (SSSR count). The maximum Gasteiger partial charge on any atom is 0.407 e. The fourth-order valence-electron chi connectivity index (χ4n) is 4.92. The third kappa shape index (κ3) is 2.85. The Bertz CT molecular complexity index is 580. The molecule has 3 fully saturated rings. The molecular formula is C19H26N2O2. The highest BCUT2D eigenvalue weighted by molar-refractivity contribution is 5.65. The van der Waals surface area contributed by atoms with Crippen LogP contribution in [0.5, 0.6) is 0 Å². The van der Waals surface area contributed by atoms with Crippen molar-refractivity contribution < 1.29 is 9.90 Å². The van der Waals surface area contributed by atoms with Crippen LogP contribution in [0.2, 0.25) is 0 Å². The molecule has 0 spiro atoms. The van der Waals surface area contributed by atoms with E-state index in [9.17, 15) is 9.90 Å². The molecule has 0 unspecified atom stereocenters. The highest BCUT2D eigenvalue weighted by Gasteiger charge is 2.40. The van der Waals surface area contributed by atoms with Crippen LogP contribution in [0.1, 0.15) is 42.7 Å². The summed E-state index contributed by atoms with van der Waals surface area (Å²) in [4.78, 5) is 16.2. The van der Waals surface area contributed by atoms with Gasteiger partial charge in [-0.15, -0.1) is 0 Å². The second-order valence-electron chi connectivity index (χ2n) is 7.43. The van der Waals surface area contributed by atoms with Gasteiger partial charge in [-0.1, -0.05) is 24.3 Å². The molecule has 2 bridgehead atoms. The number of piperidine rings is 3. The number of benzene rings is 1. The van der Waals surface area contributed by atoms with E-state index in [1.54, 1.807) is 4.90 Å². The molecule has 3 aliphatic heterocycles. The van der Waals surface area contributed by atoms with Gasteiger partial charge in [0.2, 0.25) is 0 Å². The molecule has 1 amide bonds. The number of amides is 1. The minimum absolute atomic E-state index is 0.198. The largest absolute Gasteiger partial charge is 0.465 e. The minimum Gasteiger partial charge on any atom is -0.465 e. The third-order valence-electron chi connectivity index (χ3n) is 6.18. The molecule has 1 aromatic carbocycles. The number of carboxylic acid groups (broad SMARTS) is 1. The lowest BCUT2D eigenvalue weighted by molar-refractivity contribution is 0.00772. The number of fused-ring (bicyclic) bond motifs is 4. The molecule has 1 N–H and O–H groups in total. The van der Waals surface area contributed by atoms with Crippen molar-refractivity contribution in [1.29, 1.82) is 0 Å². The van der Waals surface area contributed by atoms with Gasteiger partial charge in [0, 0.05) is 19.0 Å². The van der Waals surface area contributed by atoms with Gasteiger partial charge in [0.05, 0.1) is 6.04 Å². The predicted octanol–water partition coefficient (Wildman–Crippen LogP) is 3.18. The summed E-state index contributed by atoms with van der Waals surface area (Å²) in [5.74, 6) is 0.932. The van der Waals surface area contributed by atoms with Crippen LogP contribution >= 0.6 is 0 Å². The summed E-state index contributed by atoms with van der Waals surface area (Å²) in [5, 5.41) is 9.84. The van der Waals surface area contributed by atoms with Crippen molar-refractivity contribution >= 4 is 6.09 Å². The molecule has 4 nitrogen and oxygen atoms in total. The number of carbonyl (C=O) groups is 1. The monoisotopic (exact) mass is 314 g/mol. The third-order valence-corrected chi connectivity index (χ3v) is 6.18. The molecule has 0 aromatic heterocycles. The topological polar surface area (TPSA) is 43.8 Å². The summed E-state index contributed by atoms with van der Waals surface area (Å²) < 4.78 is 0. The standard InChI is InChI=1S/C19H26N2O2/c22-19(23)21(18-13-20-10-8-15(18)9-11-20)12-16-6-3-5-14-4-1-2-7-17(14)16/h1-2,4,7,15-16,18H,3,5-6,8-13H2,(H,22,23)/t16-,18+/m0/s1. The van der Waals surface area contributed by atoms with E-state index < -0.39 is 6.09 Å². The van der Waals surface area contributed by atoms with E-state index in [1.165, 1.54) is 17.5 Å². The first-order chi connectivity index (χ1) is 11.2. The summed E-state index contributed by atoms with van der Waals surface area (Å²) in [6.07, 6.45) is 5.02. The zero-order valence-electron chi connectivity index (χ0n) is 13.7. The van der Waals surface area contributed by atoms with Gasteiger partial charge < -0.3 is 14.9 Å². The first kappa shape index (κ1) is 15.0. The van der Waals surface area contributed by atoms with Gasteiger partial charge in [0.1, 0.15) is 0 Å². The van der Waals surface area contributed by atoms with Crippen molar-refractivity contribution in [3.8, 4) is 0 Å². The molecule has 4 aliphatic rings. The van der Waals surface area contributed by atoms with E-state index in [0.29, 0.717) is 18.4 Å². The van der Waals surface area contributed by atoms with Crippen LogP contribution in [0, 0.1) is 5.92 Å². The fourth-order valence-corrected chi connectivity index (χ4v) is 4.92. The van der Waals surface area contributed by atoms with Crippen LogP contribution in [0.4, 0.5) is 4.79 Å². The Morgan fingerprint density at radius 3 is 2.70 bits per heavy atom. The van der Waals surface area contributed by atoms with E-state index in [4.69, 9.17) is 0 Å². The molecule has 3 saturated heterocycles. The molecule has 4 heteroatoms. The normalized spacial score (nSPS) is 32.3. The number of hydrogen-bond acceptors (Lipinski definition) is 2. The van der Waals surface area contributed by atoms with Gasteiger partial charge in [-0.05, 0) is 62.2 Å². The first-order valence-corrected chi connectivity index (χ1v) is 9.02. The van der Waals surface area contributed by atoms with Crippen molar-refractivity contribution in [3.05, 3.63) is 35.4 Å². The maximum absolute atomic E-state index is 12.0. The number of aryl methyl sites for hydroxylation is 1. The van der Waals surface area contributed by atoms with E-state index in [0.717, 1.165) is 45.3 Å². The van der Waals surface area contributed by atoms with Crippen LogP contribution in [0.25, 0.3) is 0 Å². The number of nitrogens with zero attached hydrogens (tertiary/aromatic N) is 2. The Hall–Kier alpha value is -1.55. The Balaban J connectivity index is 1.55. The van der Waals surface area contributed by atoms with Gasteiger partial charge in [-0.25, -0.2) is 4.79 Å². The van der Waals surface area contributed by atoms with Crippen LogP contribution in [-0.4, -0.2) is 53.2 Å². The zero-order valence-corrected chi connectivity index (χ0v) is 13.7. The smallest absolute Gasteiger partial charge is 0.407 e. The van der Waals surface area contributed by atoms with E-state index in [1.807, 2.05) is 0 Å². The molecule has 3 heterocycles. The molecule has 1 aromatic rings. The van der Waals surface area contributed by atoms with E-state index in [2.05, 4.69) is 29.2 Å². The van der Waals surface area contributed by atoms with Crippen LogP contribution in [0.3, 0.4) is 0 Å². The maximum atomic E-state index is 12.0. The molecule has 23 heavy (non-hydrogen) atoms. The Morgan fingerprint density at radius 2 is 2.00 bits per heavy atom. The minimum atomic E-state index is -0.730. The molecular weight excluding hydrogens is 288 g/mol. The van der Waals surface area contributed by atoms with Gasteiger partial charge in [-0.3, -0.25) is 0 Å². The highest BCUT2D eigenvalue weighted by atomic mass is 16.4. The van der Waals surface area contributed by atoms with Crippen molar-refractivity contribution in [2.24, 2.45) is 5.92 Å². The Labute approximate surface area is 138 Å². The summed E-state index contributed by atoms with van der Waals surface area (Å²) in [5.41, 5.74) is 2.80. The van der Waals surface area contributed by atoms with Crippen molar-refractivity contribution in [2.75, 3.05) is 26.2 Å². The molecule has 1 aliphatic carbocycles. The van der Waals surface area contributed by atoms with Gasteiger partial charge >= 0.3 is 6.09 Å². The lowest BCUT2D eigenvalue weighted by atomic mass is 9.80. The predicted molar refractivity (Wildman–Crippen MR) is 89.8 cm³/mol. The van der Waals surface area contributed by atoms with Gasteiger partial charge in [0.25, 0.3) is 0 Å². The van der Waals surface area contributed by atoms with Gasteiger partial charge in [-0.2, -0.15) is 0 Å². The van der Waals surface area contributed by atoms with Crippen molar-refractivity contribution in [1.82, 2.24) is 9.80 Å². The van der Waals surface area contributed by atoms with Gasteiger partial charge in [0.15, 0.2) is 0 Å². The lowest BCUT2D eigenvalue weighted by Gasteiger charge is -2.49. The number of rotatable bonds is 3. The average molecular weight is 314 g/mol. The Kier molecular flexibility index (Phi) is 4.02. The van der Waals surface area contributed by atoms with Crippen LogP contribution in [0.15, 0.2) is 24.3 Å².